The van der Waals surface area contributed by atoms with Crippen LogP contribution in [0.5, 0.6) is 5.75 Å². The summed E-state index contributed by atoms with van der Waals surface area (Å²) in [7, 11) is -5.80. The molecule has 0 unspecified atom stereocenters. The van der Waals surface area contributed by atoms with Crippen LogP contribution in [0.3, 0.4) is 0 Å². The van der Waals surface area contributed by atoms with Crippen molar-refractivity contribution in [3.8, 4) is 17.0 Å². The predicted molar refractivity (Wildman–Crippen MR) is 179 cm³/mol. The first-order chi connectivity index (χ1) is 22.2. The molecule has 0 bridgehead atoms. The van der Waals surface area contributed by atoms with E-state index in [4.69, 9.17) is 4.98 Å². The SMILES string of the molecule is O=S(=O)(Oc1ccc(-c2cc3c(sc4ccc5ccccc5c43)c3nc4c5ccc6ccccc6c5ccc4n23)cc1)C(F)(F)F. The molecule has 0 fully saturated rings. The Hall–Kier alpha value is -5.19. The molecule has 0 saturated heterocycles. The Kier molecular flexibility index (Phi) is 5.56. The number of rotatable bonds is 3. The predicted octanol–water partition coefficient (Wildman–Crippen LogP) is 10.2. The molecule has 0 aliphatic heterocycles. The Morgan fingerprint density at radius 2 is 1.37 bits per heavy atom. The Labute approximate surface area is 262 Å². The van der Waals surface area contributed by atoms with E-state index in [9.17, 15) is 21.6 Å². The van der Waals surface area contributed by atoms with Crippen LogP contribution in [0, 0.1) is 0 Å². The summed E-state index contributed by atoms with van der Waals surface area (Å²) in [5.41, 5.74) is -1.67. The highest BCUT2D eigenvalue weighted by atomic mass is 32.2. The number of fused-ring (bicyclic) bond motifs is 13. The van der Waals surface area contributed by atoms with Crippen molar-refractivity contribution in [1.29, 1.82) is 0 Å². The van der Waals surface area contributed by atoms with E-state index >= 15 is 0 Å². The zero-order valence-corrected chi connectivity index (χ0v) is 25.2. The lowest BCUT2D eigenvalue weighted by Crippen LogP contribution is -2.28. The van der Waals surface area contributed by atoms with Gasteiger partial charge in [-0.25, -0.2) is 4.98 Å². The maximum atomic E-state index is 13.0. The monoisotopic (exact) mass is 648 g/mol. The lowest BCUT2D eigenvalue weighted by atomic mass is 10.0. The van der Waals surface area contributed by atoms with Gasteiger partial charge in [0.2, 0.25) is 0 Å². The van der Waals surface area contributed by atoms with Gasteiger partial charge in [-0.1, -0.05) is 72.8 Å². The third-order valence-electron chi connectivity index (χ3n) is 8.53. The average molecular weight is 649 g/mol. The zero-order valence-electron chi connectivity index (χ0n) is 23.5. The fourth-order valence-electron chi connectivity index (χ4n) is 6.49. The lowest BCUT2D eigenvalue weighted by molar-refractivity contribution is -0.0500. The normalized spacial score (nSPS) is 12.8. The van der Waals surface area contributed by atoms with Gasteiger partial charge in [-0.2, -0.15) is 21.6 Å². The lowest BCUT2D eigenvalue weighted by Gasteiger charge is -2.12. The van der Waals surface area contributed by atoms with Gasteiger partial charge in [0.1, 0.15) is 5.75 Å². The summed E-state index contributed by atoms with van der Waals surface area (Å²) >= 11 is 1.67. The molecule has 0 radical (unpaired) electrons. The Balaban J connectivity index is 1.37. The quantitative estimate of drug-likeness (QED) is 0.109. The molecule has 0 atom stereocenters. The Bertz CT molecular complexity index is 2840. The topological polar surface area (TPSA) is 60.7 Å². The number of imidazole rings is 1. The molecule has 0 saturated carbocycles. The van der Waals surface area contributed by atoms with Crippen molar-refractivity contribution in [3.63, 3.8) is 0 Å². The minimum absolute atomic E-state index is 0.432. The van der Waals surface area contributed by atoms with E-state index in [0.29, 0.717) is 5.56 Å². The molecular formula is C36H19F3N2O3S2. The largest absolute Gasteiger partial charge is 0.534 e. The number of hydrogen-bond acceptors (Lipinski definition) is 5. The van der Waals surface area contributed by atoms with Crippen molar-refractivity contribution in [1.82, 2.24) is 9.38 Å². The smallest absolute Gasteiger partial charge is 0.376 e. The van der Waals surface area contributed by atoms with E-state index < -0.39 is 21.4 Å². The number of nitrogens with zero attached hydrogens (tertiary/aromatic N) is 2. The molecule has 46 heavy (non-hydrogen) atoms. The van der Waals surface area contributed by atoms with Crippen LogP contribution >= 0.6 is 11.3 Å². The van der Waals surface area contributed by atoms with Gasteiger partial charge in [0.15, 0.2) is 5.65 Å². The van der Waals surface area contributed by atoms with Crippen molar-refractivity contribution in [3.05, 3.63) is 115 Å². The van der Waals surface area contributed by atoms with Gasteiger partial charge < -0.3 is 4.18 Å². The second-order valence-electron chi connectivity index (χ2n) is 11.1. The summed E-state index contributed by atoms with van der Waals surface area (Å²) in [4.78, 5) is 5.28. The minimum atomic E-state index is -5.80. The number of alkyl halides is 3. The third kappa shape index (κ3) is 3.87. The third-order valence-corrected chi connectivity index (χ3v) is 10.7. The van der Waals surface area contributed by atoms with Gasteiger partial charge in [0.05, 0.1) is 21.4 Å². The first-order valence-electron chi connectivity index (χ1n) is 14.3. The van der Waals surface area contributed by atoms with Crippen molar-refractivity contribution in [2.45, 2.75) is 5.51 Å². The molecule has 224 valence electrons. The van der Waals surface area contributed by atoms with E-state index in [2.05, 4.69) is 75.3 Å². The molecule has 0 spiro atoms. The van der Waals surface area contributed by atoms with Crippen LogP contribution in [-0.2, 0) is 10.1 Å². The van der Waals surface area contributed by atoms with E-state index in [1.165, 1.54) is 12.1 Å². The van der Waals surface area contributed by atoms with E-state index in [-0.39, 0.29) is 0 Å². The van der Waals surface area contributed by atoms with Crippen LogP contribution in [0.2, 0.25) is 0 Å². The van der Waals surface area contributed by atoms with E-state index in [1.807, 2.05) is 24.3 Å². The summed E-state index contributed by atoms with van der Waals surface area (Å²) in [6.07, 6.45) is 0. The van der Waals surface area contributed by atoms with Gasteiger partial charge in [-0.15, -0.1) is 11.3 Å². The Morgan fingerprint density at radius 1 is 0.696 bits per heavy atom. The van der Waals surface area contributed by atoms with Crippen LogP contribution in [0.15, 0.2) is 115 Å². The first kappa shape index (κ1) is 27.1. The van der Waals surface area contributed by atoms with Crippen molar-refractivity contribution in [2.75, 3.05) is 0 Å². The van der Waals surface area contributed by atoms with Gasteiger partial charge in [-0.05, 0) is 75.0 Å². The number of pyridine rings is 1. The van der Waals surface area contributed by atoms with Gasteiger partial charge in [-0.3, -0.25) is 4.40 Å². The number of hydrogen-bond donors (Lipinski definition) is 0. The van der Waals surface area contributed by atoms with Crippen molar-refractivity contribution < 1.29 is 25.8 Å². The maximum absolute atomic E-state index is 13.0. The minimum Gasteiger partial charge on any atom is -0.376 e. The van der Waals surface area contributed by atoms with Crippen molar-refractivity contribution >= 4 is 90.6 Å². The summed E-state index contributed by atoms with van der Waals surface area (Å²) < 4.78 is 70.8. The molecule has 3 heterocycles. The molecule has 10 heteroatoms. The summed E-state index contributed by atoms with van der Waals surface area (Å²) in [5, 5.41) is 8.67. The molecular weight excluding hydrogens is 630 g/mol. The molecule has 3 aromatic heterocycles. The van der Waals surface area contributed by atoms with Crippen LogP contribution in [0.4, 0.5) is 13.2 Å². The molecule has 5 nitrogen and oxygen atoms in total. The van der Waals surface area contributed by atoms with E-state index in [0.717, 1.165) is 74.9 Å². The number of aromatic nitrogens is 2. The van der Waals surface area contributed by atoms with Crippen LogP contribution in [0.1, 0.15) is 0 Å². The summed E-state index contributed by atoms with van der Waals surface area (Å²) in [6, 6.07) is 36.7. The average Bonchev–Trinajstić information content (AvgIpc) is 3.63. The van der Waals surface area contributed by atoms with Crippen LogP contribution < -0.4 is 4.18 Å². The highest BCUT2D eigenvalue weighted by Gasteiger charge is 2.48. The highest BCUT2D eigenvalue weighted by molar-refractivity contribution is 7.88. The molecule has 9 rings (SSSR count). The van der Waals surface area contributed by atoms with Gasteiger partial charge in [0.25, 0.3) is 0 Å². The number of halogens is 3. The highest BCUT2D eigenvalue weighted by Crippen LogP contribution is 2.44. The molecule has 0 aliphatic carbocycles. The summed E-state index contributed by atoms with van der Waals surface area (Å²) in [6.45, 7) is 0. The molecule has 0 aliphatic rings. The Morgan fingerprint density at radius 3 is 2.13 bits per heavy atom. The van der Waals surface area contributed by atoms with E-state index in [1.54, 1.807) is 23.5 Å². The van der Waals surface area contributed by atoms with Crippen LogP contribution in [0.25, 0.3) is 80.4 Å². The van der Waals surface area contributed by atoms with Crippen LogP contribution in [-0.4, -0.2) is 23.3 Å². The zero-order chi connectivity index (χ0) is 31.4. The first-order valence-corrected chi connectivity index (χ1v) is 16.5. The molecule has 9 aromatic rings. The molecule has 6 aromatic carbocycles. The number of thiophene rings is 1. The number of benzene rings is 6. The fraction of sp³-hybridized carbons (Fsp3) is 0.0278. The second-order valence-corrected chi connectivity index (χ2v) is 13.7. The van der Waals surface area contributed by atoms with Crippen molar-refractivity contribution in [2.24, 2.45) is 0 Å². The van der Waals surface area contributed by atoms with Gasteiger partial charge in [0, 0.05) is 20.9 Å². The second kappa shape index (κ2) is 9.41. The van der Waals surface area contributed by atoms with Gasteiger partial charge >= 0.3 is 15.6 Å². The fourth-order valence-corrected chi connectivity index (χ4v) is 8.13. The molecule has 0 N–H and O–H groups in total. The maximum Gasteiger partial charge on any atom is 0.534 e. The molecule has 0 amide bonds. The summed E-state index contributed by atoms with van der Waals surface area (Å²) in [5.74, 6) is -0.432. The standard InChI is InChI=1S/C36H19F3N2O3S2/c37-36(38,39)46(42,43)44-23-13-9-22(10-14-23)30-19-28-32-25-8-4-2-6-21(25)12-18-31(32)45-34(28)35-40-33-27-15-11-20-5-1-3-7-24(20)26(27)16-17-29(33)41(30)35/h1-19H.